The molecule has 0 aliphatic carbocycles. The van der Waals surface area contributed by atoms with Gasteiger partial charge in [-0.1, -0.05) is 0 Å². The Bertz CT molecular complexity index is 769. The molecule has 1 fully saturated rings. The molecule has 15 heteroatoms. The lowest BCUT2D eigenvalue weighted by Crippen LogP contribution is -2.60. The Morgan fingerprint density at radius 2 is 1.62 bits per heavy atom. The van der Waals surface area contributed by atoms with Crippen molar-refractivity contribution < 1.29 is 34.1 Å². The van der Waals surface area contributed by atoms with Gasteiger partial charge in [-0.2, -0.15) is 0 Å². The predicted octanol–water partition coefficient (Wildman–Crippen LogP) is -4.69. The van der Waals surface area contributed by atoms with Crippen molar-refractivity contribution in [2.75, 3.05) is 39.5 Å². The largest absolute Gasteiger partial charge is 0.394 e. The lowest BCUT2D eigenvalue weighted by atomic mass is 10.1. The molecule has 1 aromatic heterocycles. The second-order valence-electron chi connectivity index (χ2n) is 6.86. The molecule has 1 aliphatic heterocycles. The number of aromatic amines is 1. The first-order chi connectivity index (χ1) is 15.4. The number of hydrogen-bond acceptors (Lipinski definition) is 9. The lowest BCUT2D eigenvalue weighted by Gasteiger charge is -2.29. The van der Waals surface area contributed by atoms with Crippen LogP contribution in [-0.2, 0) is 25.5 Å². The summed E-state index contributed by atoms with van der Waals surface area (Å²) in [6.07, 6.45) is 2.98. The maximum Gasteiger partial charge on any atom is 0.318 e. The summed E-state index contributed by atoms with van der Waals surface area (Å²) in [4.78, 5) is 57.6. The standard InChI is InChI=1S/C17H28N8O7/c18-24-16(30)13(8-27)22-15(29)12(7-26)21-14(28)11(5-10-6-19-9-20-10)23-17(31)25-1-3-32-4-2-25/h6,9,11-13,26-27H,1-5,7-8,18H2,(H,19,20)(H,21,28)(H,22,29)(H,23,31)(H,24,30)/t11-,12-,13-/m0/s1. The van der Waals surface area contributed by atoms with E-state index < -0.39 is 55.1 Å². The molecule has 2 heterocycles. The molecule has 0 unspecified atom stereocenters. The predicted molar refractivity (Wildman–Crippen MR) is 107 cm³/mol. The van der Waals surface area contributed by atoms with Crippen LogP contribution in [-0.4, -0.2) is 106 Å². The first-order valence-electron chi connectivity index (χ1n) is 9.83. The summed E-state index contributed by atoms with van der Waals surface area (Å²) in [7, 11) is 0. The maximum atomic E-state index is 12.9. The number of H-pyrrole nitrogens is 1. The second kappa shape index (κ2) is 12.6. The zero-order chi connectivity index (χ0) is 23.5. The average Bonchev–Trinajstić information content (AvgIpc) is 3.33. The smallest absolute Gasteiger partial charge is 0.318 e. The number of hydrogen-bond donors (Lipinski definition) is 8. The van der Waals surface area contributed by atoms with Crippen LogP contribution in [0, 0.1) is 0 Å². The molecule has 32 heavy (non-hydrogen) atoms. The number of urea groups is 1. The first kappa shape index (κ1) is 25.0. The number of ether oxygens (including phenoxy) is 1. The fourth-order valence-corrected chi connectivity index (χ4v) is 2.86. The van der Waals surface area contributed by atoms with Crippen LogP contribution in [0.2, 0.25) is 0 Å². The van der Waals surface area contributed by atoms with E-state index in [0.29, 0.717) is 32.0 Å². The Morgan fingerprint density at radius 3 is 2.16 bits per heavy atom. The maximum absolute atomic E-state index is 12.9. The van der Waals surface area contributed by atoms with Crippen LogP contribution in [0.5, 0.6) is 0 Å². The SMILES string of the molecule is NNC(=O)[C@H](CO)NC(=O)[C@H](CO)NC(=O)[C@H](Cc1c[nH]cn1)NC(=O)N1CCOCC1. The van der Waals surface area contributed by atoms with Gasteiger partial charge in [0.1, 0.15) is 18.1 Å². The van der Waals surface area contributed by atoms with E-state index in [1.165, 1.54) is 11.2 Å². The third-order valence-electron chi connectivity index (χ3n) is 4.65. The number of hydrazine groups is 1. The zero-order valence-electron chi connectivity index (χ0n) is 17.2. The molecule has 15 nitrogen and oxygen atoms in total. The molecule has 0 radical (unpaired) electrons. The van der Waals surface area contributed by atoms with Gasteiger partial charge in [0, 0.05) is 25.7 Å². The number of morpholine rings is 1. The van der Waals surface area contributed by atoms with Gasteiger partial charge in [0.2, 0.25) is 11.8 Å². The lowest BCUT2D eigenvalue weighted by molar-refractivity contribution is -0.134. The van der Waals surface area contributed by atoms with E-state index in [0.717, 1.165) is 0 Å². The number of aliphatic hydroxyl groups excluding tert-OH is 2. The molecule has 9 N–H and O–H groups in total. The highest BCUT2D eigenvalue weighted by molar-refractivity contribution is 5.94. The topological polar surface area (TPSA) is 224 Å². The van der Waals surface area contributed by atoms with Crippen molar-refractivity contribution >= 4 is 23.8 Å². The molecule has 0 saturated carbocycles. The number of imidazole rings is 1. The van der Waals surface area contributed by atoms with E-state index >= 15 is 0 Å². The van der Waals surface area contributed by atoms with Gasteiger partial charge in [-0.05, 0) is 0 Å². The van der Waals surface area contributed by atoms with Gasteiger partial charge in [0.25, 0.3) is 5.91 Å². The molecule has 1 aromatic rings. The van der Waals surface area contributed by atoms with E-state index in [1.54, 1.807) is 11.6 Å². The number of amides is 5. The minimum Gasteiger partial charge on any atom is -0.394 e. The van der Waals surface area contributed by atoms with Gasteiger partial charge in [-0.25, -0.2) is 15.6 Å². The Morgan fingerprint density at radius 1 is 1.03 bits per heavy atom. The van der Waals surface area contributed by atoms with Crippen molar-refractivity contribution in [1.82, 2.24) is 36.2 Å². The number of aliphatic hydroxyl groups is 2. The summed E-state index contributed by atoms with van der Waals surface area (Å²) in [5.74, 6) is 2.44. The fraction of sp³-hybridized carbons (Fsp3) is 0.588. The number of carbonyl (C=O) groups is 4. The van der Waals surface area contributed by atoms with E-state index in [-0.39, 0.29) is 6.42 Å². The number of nitrogens with two attached hydrogens (primary N) is 1. The molecule has 1 aliphatic rings. The van der Waals surface area contributed by atoms with Crippen molar-refractivity contribution in [1.29, 1.82) is 0 Å². The number of aromatic nitrogens is 2. The summed E-state index contributed by atoms with van der Waals surface area (Å²) in [6, 6.07) is -4.44. The summed E-state index contributed by atoms with van der Waals surface area (Å²) in [5.41, 5.74) is 2.26. The highest BCUT2D eigenvalue weighted by Gasteiger charge is 2.30. The van der Waals surface area contributed by atoms with E-state index in [4.69, 9.17) is 10.6 Å². The Kier molecular flexibility index (Phi) is 9.80. The van der Waals surface area contributed by atoms with Gasteiger partial charge in [-0.3, -0.25) is 19.8 Å². The van der Waals surface area contributed by atoms with Gasteiger partial charge in [0.05, 0.1) is 38.4 Å². The van der Waals surface area contributed by atoms with E-state index in [2.05, 4.69) is 25.9 Å². The van der Waals surface area contributed by atoms with Gasteiger partial charge < -0.3 is 40.8 Å². The fourth-order valence-electron chi connectivity index (χ4n) is 2.86. The normalized spacial score (nSPS) is 16.4. The molecule has 1 saturated heterocycles. The molecular formula is C17H28N8O7. The van der Waals surface area contributed by atoms with Crippen LogP contribution in [0.1, 0.15) is 5.69 Å². The number of carbonyl (C=O) groups excluding carboxylic acids is 4. The Balaban J connectivity index is 2.06. The third kappa shape index (κ3) is 7.16. The van der Waals surface area contributed by atoms with Crippen LogP contribution in [0.3, 0.4) is 0 Å². The number of nitrogens with zero attached hydrogens (tertiary/aromatic N) is 2. The van der Waals surface area contributed by atoms with E-state index in [1.807, 2.05) is 0 Å². The van der Waals surface area contributed by atoms with Crippen molar-refractivity contribution in [3.05, 3.63) is 18.2 Å². The minimum absolute atomic E-state index is 0.0139. The van der Waals surface area contributed by atoms with E-state index in [9.17, 15) is 29.4 Å². The van der Waals surface area contributed by atoms with Crippen LogP contribution in [0.25, 0.3) is 0 Å². The molecule has 0 aromatic carbocycles. The van der Waals surface area contributed by atoms with Crippen LogP contribution >= 0.6 is 0 Å². The summed E-state index contributed by atoms with van der Waals surface area (Å²) in [5, 5.41) is 25.9. The van der Waals surface area contributed by atoms with Crippen molar-refractivity contribution in [2.45, 2.75) is 24.5 Å². The monoisotopic (exact) mass is 456 g/mol. The second-order valence-corrected chi connectivity index (χ2v) is 6.86. The molecule has 0 bridgehead atoms. The van der Waals surface area contributed by atoms with Crippen LogP contribution < -0.4 is 27.2 Å². The third-order valence-corrected chi connectivity index (χ3v) is 4.65. The molecule has 178 valence electrons. The molecular weight excluding hydrogens is 428 g/mol. The number of rotatable bonds is 10. The quantitative estimate of drug-likeness (QED) is 0.0960. The molecule has 3 atom stereocenters. The van der Waals surface area contributed by atoms with Gasteiger partial charge >= 0.3 is 6.03 Å². The van der Waals surface area contributed by atoms with Crippen molar-refractivity contribution in [2.24, 2.45) is 5.84 Å². The Hall–Kier alpha value is -3.27. The summed E-state index contributed by atoms with van der Waals surface area (Å²) >= 11 is 0. The highest BCUT2D eigenvalue weighted by Crippen LogP contribution is 2.03. The first-order valence-corrected chi connectivity index (χ1v) is 9.83. The summed E-state index contributed by atoms with van der Waals surface area (Å²) in [6.45, 7) is -0.0889. The highest BCUT2D eigenvalue weighted by atomic mass is 16.5. The average molecular weight is 456 g/mol. The molecule has 5 amide bonds. The zero-order valence-corrected chi connectivity index (χ0v) is 17.2. The van der Waals surface area contributed by atoms with Crippen LogP contribution in [0.15, 0.2) is 12.5 Å². The number of nitrogens with one attached hydrogen (secondary N) is 5. The van der Waals surface area contributed by atoms with Crippen molar-refractivity contribution in [3.8, 4) is 0 Å². The van der Waals surface area contributed by atoms with Gasteiger partial charge in [-0.15, -0.1) is 0 Å². The minimum atomic E-state index is -1.45. The van der Waals surface area contributed by atoms with Crippen molar-refractivity contribution in [3.63, 3.8) is 0 Å². The molecule has 0 spiro atoms. The van der Waals surface area contributed by atoms with Gasteiger partial charge in [0.15, 0.2) is 0 Å². The summed E-state index contributed by atoms with van der Waals surface area (Å²) < 4.78 is 5.21. The van der Waals surface area contributed by atoms with Crippen LogP contribution in [0.4, 0.5) is 4.79 Å². The molecule has 2 rings (SSSR count). The Labute approximate surface area is 183 Å².